The number of nitrogens with one attached hydrogen (secondary N) is 1. The third kappa shape index (κ3) is 3.39. The van der Waals surface area contributed by atoms with E-state index < -0.39 is 0 Å². The van der Waals surface area contributed by atoms with Crippen molar-refractivity contribution in [1.82, 2.24) is 5.43 Å². The minimum absolute atomic E-state index is 0.171. The summed E-state index contributed by atoms with van der Waals surface area (Å²) in [6.45, 7) is 0. The summed E-state index contributed by atoms with van der Waals surface area (Å²) in [6, 6.07) is 6.14. The summed E-state index contributed by atoms with van der Waals surface area (Å²) in [5.41, 5.74) is 4.12. The molecule has 106 valence electrons. The van der Waals surface area contributed by atoms with Crippen LogP contribution in [0.4, 0.5) is 0 Å². The third-order valence-electron chi connectivity index (χ3n) is 4.03. The maximum absolute atomic E-state index is 5.79. The Morgan fingerprint density at radius 3 is 2.11 bits per heavy atom. The zero-order chi connectivity index (χ0) is 13.7. The average Bonchev–Trinajstić information content (AvgIpc) is 2.48. The van der Waals surface area contributed by atoms with Crippen LogP contribution in [0.5, 0.6) is 11.5 Å². The number of nitrogens with two attached hydrogens (primary N) is 1. The van der Waals surface area contributed by atoms with Crippen LogP contribution >= 0.6 is 0 Å². The molecule has 0 aromatic heterocycles. The van der Waals surface area contributed by atoms with E-state index in [4.69, 9.17) is 15.3 Å². The molecule has 1 fully saturated rings. The van der Waals surface area contributed by atoms with Crippen molar-refractivity contribution in [3.05, 3.63) is 23.8 Å². The largest absolute Gasteiger partial charge is 0.497 e. The lowest BCUT2D eigenvalue weighted by Gasteiger charge is -2.30. The van der Waals surface area contributed by atoms with Gasteiger partial charge in [-0.15, -0.1) is 0 Å². The molecule has 1 saturated carbocycles. The van der Waals surface area contributed by atoms with Gasteiger partial charge < -0.3 is 9.47 Å². The van der Waals surface area contributed by atoms with Crippen LogP contribution in [0.1, 0.15) is 43.7 Å². The maximum Gasteiger partial charge on any atom is 0.122 e. The normalized spacial score (nSPS) is 18.1. The Morgan fingerprint density at radius 1 is 1.05 bits per heavy atom. The van der Waals surface area contributed by atoms with Gasteiger partial charge in [-0.2, -0.15) is 0 Å². The molecule has 1 unspecified atom stereocenters. The Balaban J connectivity index is 2.25. The van der Waals surface area contributed by atoms with Gasteiger partial charge in [0.2, 0.25) is 0 Å². The molecule has 0 saturated heterocycles. The predicted molar refractivity (Wildman–Crippen MR) is 76.2 cm³/mol. The molecule has 4 nitrogen and oxygen atoms in total. The van der Waals surface area contributed by atoms with Gasteiger partial charge in [0, 0.05) is 12.1 Å². The van der Waals surface area contributed by atoms with Gasteiger partial charge in [0.15, 0.2) is 0 Å². The zero-order valence-electron chi connectivity index (χ0n) is 11.8. The number of ether oxygens (including phenoxy) is 2. The molecule has 0 radical (unpaired) electrons. The molecule has 3 N–H and O–H groups in total. The number of benzene rings is 1. The molecule has 0 bridgehead atoms. The predicted octanol–water partition coefficient (Wildman–Crippen LogP) is 2.79. The van der Waals surface area contributed by atoms with Crippen LogP contribution in [0.15, 0.2) is 18.2 Å². The first-order valence-corrected chi connectivity index (χ1v) is 6.97. The second-order valence-electron chi connectivity index (χ2n) is 5.19. The highest BCUT2D eigenvalue weighted by Gasteiger charge is 2.25. The summed E-state index contributed by atoms with van der Waals surface area (Å²) < 4.78 is 10.7. The molecule has 2 rings (SSSR count). The molecule has 4 heteroatoms. The smallest absolute Gasteiger partial charge is 0.122 e. The molecule has 0 heterocycles. The van der Waals surface area contributed by atoms with Crippen LogP contribution in [-0.2, 0) is 0 Å². The number of methoxy groups -OCH3 is 2. The summed E-state index contributed by atoms with van der Waals surface area (Å²) in [5.74, 6) is 8.00. The van der Waals surface area contributed by atoms with Gasteiger partial charge in [-0.05, 0) is 36.5 Å². The van der Waals surface area contributed by atoms with Crippen molar-refractivity contribution in [2.75, 3.05) is 14.2 Å². The van der Waals surface area contributed by atoms with Crippen LogP contribution < -0.4 is 20.7 Å². The molecule has 1 aliphatic rings. The Kier molecular flexibility index (Phi) is 5.05. The first-order chi connectivity index (χ1) is 9.28. The number of hydrogen-bond acceptors (Lipinski definition) is 4. The van der Waals surface area contributed by atoms with E-state index in [0.717, 1.165) is 17.1 Å². The summed E-state index contributed by atoms with van der Waals surface area (Å²) >= 11 is 0. The third-order valence-corrected chi connectivity index (χ3v) is 4.03. The van der Waals surface area contributed by atoms with Gasteiger partial charge in [0.25, 0.3) is 0 Å². The molecule has 1 aliphatic carbocycles. The Labute approximate surface area is 115 Å². The Hall–Kier alpha value is -1.26. The minimum atomic E-state index is 0.171. The second-order valence-corrected chi connectivity index (χ2v) is 5.19. The SMILES string of the molecule is COc1cc(OC)cc(C(NN)C2CCCCC2)c1. The van der Waals surface area contributed by atoms with Gasteiger partial charge in [0.1, 0.15) is 11.5 Å². The lowest BCUT2D eigenvalue weighted by Crippen LogP contribution is -2.34. The average molecular weight is 264 g/mol. The Bertz CT molecular complexity index is 381. The molecular weight excluding hydrogens is 240 g/mol. The highest BCUT2D eigenvalue weighted by molar-refractivity contribution is 5.40. The van der Waals surface area contributed by atoms with Crippen molar-refractivity contribution in [3.63, 3.8) is 0 Å². The summed E-state index contributed by atoms with van der Waals surface area (Å²) in [6.07, 6.45) is 6.39. The minimum Gasteiger partial charge on any atom is -0.497 e. The van der Waals surface area contributed by atoms with Gasteiger partial charge in [-0.3, -0.25) is 11.3 Å². The van der Waals surface area contributed by atoms with Crippen molar-refractivity contribution in [3.8, 4) is 11.5 Å². The van der Waals surface area contributed by atoms with E-state index in [1.165, 1.54) is 32.1 Å². The molecule has 1 atom stereocenters. The first kappa shape index (κ1) is 14.2. The monoisotopic (exact) mass is 264 g/mol. The highest BCUT2D eigenvalue weighted by Crippen LogP contribution is 2.36. The lowest BCUT2D eigenvalue weighted by molar-refractivity contribution is 0.272. The van der Waals surface area contributed by atoms with Crippen molar-refractivity contribution in [2.24, 2.45) is 11.8 Å². The molecular formula is C15H24N2O2. The van der Waals surface area contributed by atoms with E-state index in [1.54, 1.807) is 14.2 Å². The Morgan fingerprint density at radius 2 is 1.63 bits per heavy atom. The molecule has 0 spiro atoms. The van der Waals surface area contributed by atoms with Crippen LogP contribution in [0.3, 0.4) is 0 Å². The quantitative estimate of drug-likeness (QED) is 0.634. The topological polar surface area (TPSA) is 56.5 Å². The lowest BCUT2D eigenvalue weighted by atomic mass is 9.81. The number of rotatable bonds is 5. The highest BCUT2D eigenvalue weighted by atomic mass is 16.5. The van der Waals surface area contributed by atoms with E-state index >= 15 is 0 Å². The van der Waals surface area contributed by atoms with Crippen molar-refractivity contribution in [1.29, 1.82) is 0 Å². The van der Waals surface area contributed by atoms with Crippen LogP contribution in [0.25, 0.3) is 0 Å². The van der Waals surface area contributed by atoms with E-state index in [-0.39, 0.29) is 6.04 Å². The fourth-order valence-corrected chi connectivity index (χ4v) is 2.98. The molecule has 19 heavy (non-hydrogen) atoms. The zero-order valence-corrected chi connectivity index (χ0v) is 11.8. The van der Waals surface area contributed by atoms with Crippen LogP contribution in [-0.4, -0.2) is 14.2 Å². The van der Waals surface area contributed by atoms with Gasteiger partial charge >= 0.3 is 0 Å². The summed E-state index contributed by atoms with van der Waals surface area (Å²) in [4.78, 5) is 0. The summed E-state index contributed by atoms with van der Waals surface area (Å²) in [7, 11) is 3.34. The van der Waals surface area contributed by atoms with Crippen LogP contribution in [0.2, 0.25) is 0 Å². The first-order valence-electron chi connectivity index (χ1n) is 6.97. The van der Waals surface area contributed by atoms with Crippen molar-refractivity contribution >= 4 is 0 Å². The van der Waals surface area contributed by atoms with Crippen molar-refractivity contribution < 1.29 is 9.47 Å². The second kappa shape index (κ2) is 6.78. The van der Waals surface area contributed by atoms with E-state index in [0.29, 0.717) is 5.92 Å². The summed E-state index contributed by atoms with van der Waals surface area (Å²) in [5, 5.41) is 0. The maximum atomic E-state index is 5.79. The fraction of sp³-hybridized carbons (Fsp3) is 0.600. The fourth-order valence-electron chi connectivity index (χ4n) is 2.98. The number of hydrogen-bond donors (Lipinski definition) is 2. The molecule has 1 aromatic rings. The van der Waals surface area contributed by atoms with E-state index in [1.807, 2.05) is 18.2 Å². The van der Waals surface area contributed by atoms with Gasteiger partial charge in [0.05, 0.1) is 14.2 Å². The van der Waals surface area contributed by atoms with Gasteiger partial charge in [-0.1, -0.05) is 19.3 Å². The van der Waals surface area contributed by atoms with Gasteiger partial charge in [-0.25, -0.2) is 0 Å². The van der Waals surface area contributed by atoms with E-state index in [9.17, 15) is 0 Å². The van der Waals surface area contributed by atoms with E-state index in [2.05, 4.69) is 5.43 Å². The molecule has 0 amide bonds. The molecule has 1 aromatic carbocycles. The van der Waals surface area contributed by atoms with Crippen LogP contribution in [0, 0.1) is 5.92 Å². The molecule has 0 aliphatic heterocycles. The number of hydrazine groups is 1. The standard InChI is InChI=1S/C15H24N2O2/c1-18-13-8-12(9-14(10-13)19-2)15(17-16)11-6-4-3-5-7-11/h8-11,15,17H,3-7,16H2,1-2H3. The van der Waals surface area contributed by atoms with Crippen molar-refractivity contribution in [2.45, 2.75) is 38.1 Å².